The third-order valence-corrected chi connectivity index (χ3v) is 7.05. The number of carbonyl (C=O) groups excluding carboxylic acids is 2. The maximum atomic E-state index is 14.1. The van der Waals surface area contributed by atoms with Gasteiger partial charge in [0.15, 0.2) is 17.0 Å². The molecule has 7 nitrogen and oxygen atoms in total. The van der Waals surface area contributed by atoms with Gasteiger partial charge in [0.25, 0.3) is 0 Å². The van der Waals surface area contributed by atoms with Crippen LogP contribution in [0.3, 0.4) is 0 Å². The van der Waals surface area contributed by atoms with E-state index in [0.717, 1.165) is 11.4 Å². The quantitative estimate of drug-likeness (QED) is 0.787. The fourth-order valence-corrected chi connectivity index (χ4v) is 5.96. The summed E-state index contributed by atoms with van der Waals surface area (Å²) in [5.41, 5.74) is 6.03. The fourth-order valence-electron chi connectivity index (χ4n) is 5.96. The molecule has 2 aromatic rings. The smallest absolute Gasteiger partial charge is 0.238 e. The van der Waals surface area contributed by atoms with Crippen molar-refractivity contribution in [2.75, 3.05) is 12.0 Å². The first-order valence-corrected chi connectivity index (χ1v) is 10.5. The topological polar surface area (TPSA) is 106 Å². The molecule has 0 fully saturated rings. The van der Waals surface area contributed by atoms with Gasteiger partial charge in [-0.15, -0.1) is 0 Å². The Kier molecular flexibility index (Phi) is 3.51. The number of benzene rings is 2. The van der Waals surface area contributed by atoms with Crippen molar-refractivity contribution < 1.29 is 19.1 Å². The summed E-state index contributed by atoms with van der Waals surface area (Å²) in [5, 5.41) is 10.1. The van der Waals surface area contributed by atoms with Gasteiger partial charge in [-0.1, -0.05) is 24.3 Å². The number of fused-ring (bicyclic) bond motifs is 1. The van der Waals surface area contributed by atoms with Crippen LogP contribution in [0.2, 0.25) is 0 Å². The number of anilines is 1. The highest BCUT2D eigenvalue weighted by Gasteiger charge is 2.81. The summed E-state index contributed by atoms with van der Waals surface area (Å²) in [5.74, 6) is 0.109. The zero-order valence-corrected chi connectivity index (χ0v) is 17.3. The minimum Gasteiger partial charge on any atom is -0.497 e. The molecule has 0 aromatic heterocycles. The standard InChI is InChI=1S/C25H19N3O4/c1-31-15-11-9-14(10-12-15)28-19-7-4-8-20(29)21(19)24-18(13-26)23(27)32-25(24,28)17-6-3-2-5-16(17)22(24)30/h2-3,5-6,9-12H,4,7-8,27H2,1H3/t24-,25-/m0/s1. The minimum atomic E-state index is -1.61. The SMILES string of the molecule is COc1ccc(N2C3=C(C(=O)CCC3)[C@@]34C(=O)c5ccccc5[C@@]23OC(N)=C4C#N)cc1. The maximum Gasteiger partial charge on any atom is 0.238 e. The van der Waals surface area contributed by atoms with Crippen molar-refractivity contribution in [1.29, 1.82) is 5.26 Å². The molecule has 0 amide bonds. The average molecular weight is 425 g/mol. The van der Waals surface area contributed by atoms with Crippen LogP contribution in [-0.4, -0.2) is 18.7 Å². The number of hydrogen-bond donors (Lipinski definition) is 1. The molecule has 0 saturated heterocycles. The Morgan fingerprint density at radius 2 is 1.88 bits per heavy atom. The van der Waals surface area contributed by atoms with Crippen LogP contribution >= 0.6 is 0 Å². The molecule has 2 N–H and O–H groups in total. The molecule has 2 aliphatic heterocycles. The van der Waals surface area contributed by atoms with E-state index in [4.69, 9.17) is 15.2 Å². The van der Waals surface area contributed by atoms with Crippen molar-refractivity contribution in [2.45, 2.75) is 25.0 Å². The van der Waals surface area contributed by atoms with Crippen molar-refractivity contribution in [1.82, 2.24) is 0 Å². The van der Waals surface area contributed by atoms with Crippen LogP contribution in [0.25, 0.3) is 0 Å². The molecular formula is C25H19N3O4. The summed E-state index contributed by atoms with van der Waals surface area (Å²) in [4.78, 5) is 29.4. The van der Waals surface area contributed by atoms with Crippen molar-refractivity contribution in [3.63, 3.8) is 0 Å². The number of allylic oxidation sites excluding steroid dienone is 1. The molecule has 32 heavy (non-hydrogen) atoms. The fraction of sp³-hybridized carbons (Fsp3) is 0.240. The van der Waals surface area contributed by atoms with Gasteiger partial charge in [-0.05, 0) is 37.1 Å². The molecule has 0 bridgehead atoms. The van der Waals surface area contributed by atoms with Crippen molar-refractivity contribution in [3.05, 3.63) is 82.4 Å². The Bertz CT molecular complexity index is 1330. The van der Waals surface area contributed by atoms with Gasteiger partial charge in [0.1, 0.15) is 17.4 Å². The molecule has 4 aliphatic rings. The van der Waals surface area contributed by atoms with Crippen molar-refractivity contribution >= 4 is 17.3 Å². The molecule has 0 radical (unpaired) electrons. The van der Waals surface area contributed by atoms with Gasteiger partial charge in [0, 0.05) is 34.5 Å². The van der Waals surface area contributed by atoms with Gasteiger partial charge in [0.05, 0.1) is 7.11 Å². The molecule has 0 saturated carbocycles. The number of nitriles is 1. The Balaban J connectivity index is 1.75. The number of hydrogen-bond acceptors (Lipinski definition) is 7. The largest absolute Gasteiger partial charge is 0.497 e. The van der Waals surface area contributed by atoms with Gasteiger partial charge in [0.2, 0.25) is 11.6 Å². The lowest BCUT2D eigenvalue weighted by molar-refractivity contribution is -0.117. The number of carbonyl (C=O) groups is 2. The minimum absolute atomic E-state index is 0.0115. The normalized spacial score (nSPS) is 27.6. The average Bonchev–Trinajstić information content (AvgIpc) is 3.30. The van der Waals surface area contributed by atoms with Gasteiger partial charge in [-0.3, -0.25) is 9.59 Å². The lowest BCUT2D eigenvalue weighted by Crippen LogP contribution is -2.52. The Morgan fingerprint density at radius 1 is 1.12 bits per heavy atom. The van der Waals surface area contributed by atoms with Crippen LogP contribution in [0, 0.1) is 16.7 Å². The van der Waals surface area contributed by atoms with Crippen LogP contribution in [0.5, 0.6) is 5.75 Å². The van der Waals surface area contributed by atoms with Crippen molar-refractivity contribution in [3.8, 4) is 11.8 Å². The molecule has 0 spiro atoms. The summed E-state index contributed by atoms with van der Waals surface area (Å²) >= 11 is 0. The predicted molar refractivity (Wildman–Crippen MR) is 114 cm³/mol. The zero-order valence-electron chi connectivity index (χ0n) is 17.3. The van der Waals surface area contributed by atoms with Crippen LogP contribution in [0.15, 0.2) is 71.3 Å². The highest BCUT2D eigenvalue weighted by molar-refractivity contribution is 6.20. The summed E-state index contributed by atoms with van der Waals surface area (Å²) in [6.07, 6.45) is 1.57. The first kappa shape index (κ1) is 18.7. The summed E-state index contributed by atoms with van der Waals surface area (Å²) in [6.45, 7) is 0. The van der Waals surface area contributed by atoms with Crippen LogP contribution in [0.1, 0.15) is 35.2 Å². The second-order valence-corrected chi connectivity index (χ2v) is 8.35. The van der Waals surface area contributed by atoms with E-state index in [2.05, 4.69) is 6.07 Å². The van der Waals surface area contributed by atoms with Gasteiger partial charge < -0.3 is 20.1 Å². The Labute approximate surface area is 184 Å². The molecule has 158 valence electrons. The number of nitrogens with two attached hydrogens (primary N) is 1. The Hall–Kier alpha value is -4.05. The molecule has 7 heteroatoms. The van der Waals surface area contributed by atoms with E-state index in [0.29, 0.717) is 41.7 Å². The Morgan fingerprint density at radius 3 is 2.59 bits per heavy atom. The van der Waals surface area contributed by atoms with Gasteiger partial charge >= 0.3 is 0 Å². The van der Waals surface area contributed by atoms with Crippen LogP contribution in [0.4, 0.5) is 5.69 Å². The van der Waals surface area contributed by atoms with Crippen LogP contribution < -0.4 is 15.4 Å². The number of methoxy groups -OCH3 is 1. The molecule has 2 aromatic carbocycles. The summed E-state index contributed by atoms with van der Waals surface area (Å²) in [7, 11) is 1.59. The van der Waals surface area contributed by atoms with Crippen LogP contribution in [-0.2, 0) is 15.3 Å². The zero-order chi connectivity index (χ0) is 22.3. The lowest BCUT2D eigenvalue weighted by Gasteiger charge is -2.41. The highest BCUT2D eigenvalue weighted by atomic mass is 16.5. The lowest BCUT2D eigenvalue weighted by atomic mass is 9.66. The maximum absolute atomic E-state index is 14.1. The highest BCUT2D eigenvalue weighted by Crippen LogP contribution is 2.72. The molecule has 6 rings (SSSR count). The van der Waals surface area contributed by atoms with Gasteiger partial charge in [-0.2, -0.15) is 5.26 Å². The molecule has 2 heterocycles. The first-order valence-electron chi connectivity index (χ1n) is 10.5. The predicted octanol–water partition coefficient (Wildman–Crippen LogP) is 3.28. The second-order valence-electron chi connectivity index (χ2n) is 8.35. The number of ketones is 2. The number of rotatable bonds is 2. The van der Waals surface area contributed by atoms with E-state index in [1.807, 2.05) is 41.3 Å². The van der Waals surface area contributed by atoms with E-state index in [1.165, 1.54) is 0 Å². The van der Waals surface area contributed by atoms with E-state index in [-0.39, 0.29) is 23.0 Å². The molecular weight excluding hydrogens is 406 g/mol. The van der Waals surface area contributed by atoms with Crippen molar-refractivity contribution in [2.24, 2.45) is 11.1 Å². The van der Waals surface area contributed by atoms with E-state index >= 15 is 0 Å². The van der Waals surface area contributed by atoms with E-state index in [1.54, 1.807) is 19.2 Å². The van der Waals surface area contributed by atoms with E-state index < -0.39 is 11.1 Å². The molecule has 2 aliphatic carbocycles. The monoisotopic (exact) mass is 425 g/mol. The van der Waals surface area contributed by atoms with E-state index in [9.17, 15) is 14.9 Å². The third kappa shape index (κ3) is 1.79. The van der Waals surface area contributed by atoms with Gasteiger partial charge in [-0.25, -0.2) is 0 Å². The molecule has 2 atom stereocenters. The summed E-state index contributed by atoms with van der Waals surface area (Å²) in [6, 6.07) is 16.6. The summed E-state index contributed by atoms with van der Waals surface area (Å²) < 4.78 is 11.7. The second kappa shape index (κ2) is 6.01. The third-order valence-electron chi connectivity index (χ3n) is 7.05. The first-order chi connectivity index (χ1) is 15.5. The number of nitrogens with zero attached hydrogens (tertiary/aromatic N) is 2. The molecule has 0 unspecified atom stereocenters. The number of ether oxygens (including phenoxy) is 2. The number of Topliss-reactive ketones (excluding diaryl/α,β-unsaturated/α-hetero) is 2.